The van der Waals surface area contributed by atoms with Crippen LogP contribution in [0, 0.1) is 0 Å². The number of carbonyl (C=O) groups is 1. The maximum atomic E-state index is 12.6. The Labute approximate surface area is 190 Å². The molecule has 4 rings (SSSR count). The molecule has 0 saturated carbocycles. The van der Waals surface area contributed by atoms with Gasteiger partial charge in [0.1, 0.15) is 0 Å². The molecule has 0 radical (unpaired) electrons. The van der Waals surface area contributed by atoms with Crippen molar-refractivity contribution in [2.24, 2.45) is 0 Å². The van der Waals surface area contributed by atoms with Gasteiger partial charge in [0.25, 0.3) is 0 Å². The van der Waals surface area contributed by atoms with Gasteiger partial charge in [0.15, 0.2) is 22.5 Å². The summed E-state index contributed by atoms with van der Waals surface area (Å²) in [6.07, 6.45) is 0. The van der Waals surface area contributed by atoms with Crippen molar-refractivity contribution in [1.82, 2.24) is 14.8 Å². The van der Waals surface area contributed by atoms with Gasteiger partial charge in [0.05, 0.1) is 20.0 Å². The van der Waals surface area contributed by atoms with Crippen LogP contribution in [0.15, 0.2) is 84.0 Å². The lowest BCUT2D eigenvalue weighted by Gasteiger charge is -2.11. The molecule has 7 nitrogen and oxygen atoms in total. The summed E-state index contributed by atoms with van der Waals surface area (Å²) in [5.41, 5.74) is 2.51. The van der Waals surface area contributed by atoms with E-state index < -0.39 is 0 Å². The van der Waals surface area contributed by atoms with Crippen molar-refractivity contribution in [3.05, 3.63) is 78.9 Å². The van der Waals surface area contributed by atoms with Crippen LogP contribution in [0.1, 0.15) is 0 Å². The number of nitrogens with one attached hydrogen (secondary N) is 1. The molecule has 1 aromatic heterocycles. The predicted octanol–water partition coefficient (Wildman–Crippen LogP) is 4.68. The van der Waals surface area contributed by atoms with E-state index in [4.69, 9.17) is 9.47 Å². The summed E-state index contributed by atoms with van der Waals surface area (Å²) >= 11 is 1.32. The Kier molecular flexibility index (Phi) is 6.72. The van der Waals surface area contributed by atoms with Crippen LogP contribution in [0.4, 0.5) is 5.69 Å². The van der Waals surface area contributed by atoms with E-state index in [-0.39, 0.29) is 11.7 Å². The Morgan fingerprint density at radius 1 is 0.906 bits per heavy atom. The van der Waals surface area contributed by atoms with E-state index in [0.29, 0.717) is 22.3 Å². The minimum Gasteiger partial charge on any atom is -0.493 e. The minimum absolute atomic E-state index is 0.161. The first-order valence-electron chi connectivity index (χ1n) is 9.90. The number of anilines is 1. The van der Waals surface area contributed by atoms with Crippen molar-refractivity contribution in [3.8, 4) is 28.6 Å². The van der Waals surface area contributed by atoms with E-state index in [1.165, 1.54) is 11.8 Å². The second kappa shape index (κ2) is 10.0. The normalized spacial score (nSPS) is 10.6. The minimum atomic E-state index is -0.161. The van der Waals surface area contributed by atoms with Gasteiger partial charge >= 0.3 is 0 Å². The maximum Gasteiger partial charge on any atom is 0.234 e. The Balaban J connectivity index is 1.53. The lowest BCUT2D eigenvalue weighted by Crippen LogP contribution is -2.14. The van der Waals surface area contributed by atoms with Gasteiger partial charge in [0.2, 0.25) is 5.91 Å². The second-order valence-electron chi connectivity index (χ2n) is 6.75. The van der Waals surface area contributed by atoms with Gasteiger partial charge in [-0.1, -0.05) is 60.3 Å². The van der Waals surface area contributed by atoms with Crippen LogP contribution in [0.3, 0.4) is 0 Å². The van der Waals surface area contributed by atoms with Gasteiger partial charge in [-0.15, -0.1) is 10.2 Å². The van der Waals surface area contributed by atoms with Gasteiger partial charge in [-0.2, -0.15) is 0 Å². The second-order valence-corrected chi connectivity index (χ2v) is 7.69. The fourth-order valence-corrected chi connectivity index (χ4v) is 3.94. The summed E-state index contributed by atoms with van der Waals surface area (Å²) in [6, 6.07) is 25.0. The molecule has 1 N–H and O–H groups in total. The molecule has 0 fully saturated rings. The zero-order valence-electron chi connectivity index (χ0n) is 17.7. The van der Waals surface area contributed by atoms with Crippen LogP contribution < -0.4 is 14.8 Å². The van der Waals surface area contributed by atoms with Crippen LogP contribution in [-0.2, 0) is 4.79 Å². The molecular formula is C24H22N4O3S. The highest BCUT2D eigenvalue weighted by Crippen LogP contribution is 2.30. The van der Waals surface area contributed by atoms with E-state index in [1.54, 1.807) is 32.4 Å². The fraction of sp³-hybridized carbons (Fsp3) is 0.125. The quantitative estimate of drug-likeness (QED) is 0.396. The number of methoxy groups -OCH3 is 2. The number of carbonyl (C=O) groups excluding carboxylic acids is 1. The average Bonchev–Trinajstić information content (AvgIpc) is 3.28. The van der Waals surface area contributed by atoms with Gasteiger partial charge in [-0.05, 0) is 24.3 Å². The molecule has 0 bridgehead atoms. The van der Waals surface area contributed by atoms with Crippen molar-refractivity contribution in [1.29, 1.82) is 0 Å². The van der Waals surface area contributed by atoms with E-state index >= 15 is 0 Å². The molecule has 8 heteroatoms. The first-order valence-corrected chi connectivity index (χ1v) is 10.9. The monoisotopic (exact) mass is 446 g/mol. The summed E-state index contributed by atoms with van der Waals surface area (Å²) in [5, 5.41) is 12.3. The van der Waals surface area contributed by atoms with E-state index in [2.05, 4.69) is 15.5 Å². The molecule has 0 spiro atoms. The molecule has 162 valence electrons. The molecule has 0 aliphatic heterocycles. The van der Waals surface area contributed by atoms with Crippen molar-refractivity contribution >= 4 is 23.4 Å². The third-order valence-electron chi connectivity index (χ3n) is 4.68. The highest BCUT2D eigenvalue weighted by molar-refractivity contribution is 7.99. The topological polar surface area (TPSA) is 78.3 Å². The number of hydrogen-bond donors (Lipinski definition) is 1. The van der Waals surface area contributed by atoms with Gasteiger partial charge in [-0.3, -0.25) is 9.36 Å². The average molecular weight is 447 g/mol. The van der Waals surface area contributed by atoms with Crippen LogP contribution in [0.5, 0.6) is 11.5 Å². The molecule has 3 aromatic carbocycles. The van der Waals surface area contributed by atoms with E-state index in [0.717, 1.165) is 17.1 Å². The number of thioether (sulfide) groups is 1. The smallest absolute Gasteiger partial charge is 0.234 e. The van der Waals surface area contributed by atoms with Crippen molar-refractivity contribution in [3.63, 3.8) is 0 Å². The Morgan fingerprint density at radius 3 is 2.28 bits per heavy atom. The van der Waals surface area contributed by atoms with E-state index in [9.17, 15) is 4.79 Å². The van der Waals surface area contributed by atoms with E-state index in [1.807, 2.05) is 65.2 Å². The largest absolute Gasteiger partial charge is 0.493 e. The van der Waals surface area contributed by atoms with Gasteiger partial charge in [0, 0.05) is 23.0 Å². The Bertz CT molecular complexity index is 1200. The van der Waals surface area contributed by atoms with Crippen LogP contribution >= 0.6 is 11.8 Å². The van der Waals surface area contributed by atoms with Crippen LogP contribution in [-0.4, -0.2) is 40.6 Å². The number of para-hydroxylation sites is 1. The lowest BCUT2D eigenvalue weighted by atomic mass is 10.2. The first kappa shape index (κ1) is 21.5. The summed E-state index contributed by atoms with van der Waals surface area (Å²) in [6.45, 7) is 0. The number of benzene rings is 3. The standard InChI is InChI=1S/C24H22N4O3S/c1-30-20-14-13-18(15-21(20)31-2)25-22(29)16-32-24-27-26-23(17-9-5-3-6-10-17)28(24)19-11-7-4-8-12-19/h3-15H,16H2,1-2H3,(H,25,29). The number of rotatable bonds is 8. The van der Waals surface area contributed by atoms with Crippen molar-refractivity contribution in [2.75, 3.05) is 25.3 Å². The molecule has 0 aliphatic carbocycles. The number of hydrogen-bond acceptors (Lipinski definition) is 6. The van der Waals surface area contributed by atoms with Crippen LogP contribution in [0.25, 0.3) is 17.1 Å². The fourth-order valence-electron chi connectivity index (χ4n) is 3.19. The number of ether oxygens (including phenoxy) is 2. The molecule has 0 aliphatic rings. The maximum absolute atomic E-state index is 12.6. The molecule has 0 atom stereocenters. The summed E-state index contributed by atoms with van der Waals surface area (Å²) in [4.78, 5) is 12.6. The molecular weight excluding hydrogens is 424 g/mol. The SMILES string of the molecule is COc1ccc(NC(=O)CSc2nnc(-c3ccccc3)n2-c2ccccc2)cc1OC. The zero-order chi connectivity index (χ0) is 22.3. The summed E-state index contributed by atoms with van der Waals surface area (Å²) in [7, 11) is 3.12. The molecule has 1 amide bonds. The zero-order valence-corrected chi connectivity index (χ0v) is 18.5. The molecule has 1 heterocycles. The van der Waals surface area contributed by atoms with Crippen molar-refractivity contribution in [2.45, 2.75) is 5.16 Å². The molecule has 0 saturated heterocycles. The highest BCUT2D eigenvalue weighted by atomic mass is 32.2. The number of amides is 1. The van der Waals surface area contributed by atoms with Crippen LogP contribution in [0.2, 0.25) is 0 Å². The summed E-state index contributed by atoms with van der Waals surface area (Å²) in [5.74, 6) is 1.89. The lowest BCUT2D eigenvalue weighted by molar-refractivity contribution is -0.113. The van der Waals surface area contributed by atoms with Gasteiger partial charge < -0.3 is 14.8 Å². The predicted molar refractivity (Wildman–Crippen MR) is 126 cm³/mol. The highest BCUT2D eigenvalue weighted by Gasteiger charge is 2.17. The number of aromatic nitrogens is 3. The third kappa shape index (κ3) is 4.76. The van der Waals surface area contributed by atoms with Crippen molar-refractivity contribution < 1.29 is 14.3 Å². The third-order valence-corrected chi connectivity index (χ3v) is 5.61. The molecule has 0 unspecified atom stereocenters. The van der Waals surface area contributed by atoms with Gasteiger partial charge in [-0.25, -0.2) is 0 Å². The Morgan fingerprint density at radius 2 is 1.59 bits per heavy atom. The Hall–Kier alpha value is -3.78. The molecule has 32 heavy (non-hydrogen) atoms. The first-order chi connectivity index (χ1) is 15.7. The number of nitrogens with zero attached hydrogens (tertiary/aromatic N) is 3. The summed E-state index contributed by atoms with van der Waals surface area (Å²) < 4.78 is 12.5. The molecule has 4 aromatic rings.